The molecule has 0 bridgehead atoms. The van der Waals surface area contributed by atoms with Crippen LogP contribution < -0.4 is 28.6 Å². The van der Waals surface area contributed by atoms with Gasteiger partial charge in [0.15, 0.2) is 28.6 Å². The first-order valence-corrected chi connectivity index (χ1v) is 52.8. The van der Waals surface area contributed by atoms with Crippen molar-refractivity contribution in [2.24, 2.45) is 0 Å². The average Bonchev–Trinajstić information content (AvgIpc) is 1.39. The molecule has 11 aliphatic rings. The lowest BCUT2D eigenvalue weighted by Gasteiger charge is -2.43. The molecule has 0 unspecified atom stereocenters. The highest BCUT2D eigenvalue weighted by atomic mass is 16.7. The fourth-order valence-corrected chi connectivity index (χ4v) is 20.8. The summed E-state index contributed by atoms with van der Waals surface area (Å²) in [6, 6.07) is 30.2. The monoisotopic (exact) mass is 2060 g/mol. The van der Waals surface area contributed by atoms with Crippen LogP contribution in [0.2, 0.25) is 0 Å². The number of fused-ring (bicyclic) bond motifs is 6. The Morgan fingerprint density at radius 2 is 0.698 bits per heavy atom. The van der Waals surface area contributed by atoms with Gasteiger partial charge in [-0.25, -0.2) is 0 Å². The lowest BCUT2D eigenvalue weighted by atomic mass is 9.93. The Bertz CT molecular complexity index is 5540. The first kappa shape index (κ1) is 129. The van der Waals surface area contributed by atoms with Crippen LogP contribution in [0.5, 0.6) is 28.7 Å². The molecule has 6 aromatic carbocycles. The van der Waals surface area contributed by atoms with Crippen LogP contribution in [0.25, 0.3) is 5.70 Å². The standard InChI is InChI=1S/C21H31N3O3.C16H22N2O3.C15H21NO2.C14H19NO.C14H19N.C13H17NO.2C12H21N3.7CH4/c1-15(2)22-10-12-23(13-11-22)17-6-8-24(9-7-17)21(25)18-5-4-16(3)19-20(18)27-14-26-19;1-11(2)17-6-8-18(9-7-17)16(19)13-5-4-12(3)14-15(13)21-10-20-14;1-9(2)16-12-7-10(3)11(4)8-13(12)18-15(5,6)14(16)17;1-9(2)15-6-5-12-7-10(3)11(4)8-13(12)14(15)16;1-9(2)15-8-13-6-10(3)11(4)7-14(13)12(15)5;1-8(2)14-7-11-5-9(3)10(4)6-12(11)13(14)15;2*1-10(2)14-6-4-12(5-7-14)15-9-11(3)8-13-15;;;;;;;/h4-5,15,17H,6-14H2,1-3H3;4-5,11H,6-10H2,1-3H3;7-9H,1-6H3;7-9H,5-6H2,1-4H3;6-7,9H,5,8H2,1-4H3;5-6,8H,7H2,1-4H3;2*8-10,12H,4-7H2,1-3H3;7*1H4. The number of nitrogens with zero attached hydrogens (tertiary/aromatic N) is 15. The minimum absolute atomic E-state index is 0. The van der Waals surface area contributed by atoms with Crippen LogP contribution in [-0.2, 0) is 24.3 Å². The molecule has 0 aliphatic carbocycles. The van der Waals surface area contributed by atoms with Gasteiger partial charge in [-0.2, -0.15) is 10.2 Å². The predicted molar refractivity (Wildman–Crippen MR) is 621 cm³/mol. The Kier molecular flexibility index (Phi) is 49.0. The van der Waals surface area contributed by atoms with E-state index in [4.69, 9.17) is 23.7 Å². The number of piperidine rings is 3. The Labute approximate surface area is 902 Å². The third kappa shape index (κ3) is 31.4. The van der Waals surface area contributed by atoms with Gasteiger partial charge >= 0.3 is 0 Å². The van der Waals surface area contributed by atoms with E-state index in [1.807, 2.05) is 127 Å². The molecule has 0 saturated carbocycles. The van der Waals surface area contributed by atoms with Crippen LogP contribution in [0.4, 0.5) is 5.69 Å². The summed E-state index contributed by atoms with van der Waals surface area (Å²) in [6.45, 7) is 85.1. The topological polar surface area (TPSA) is 203 Å². The van der Waals surface area contributed by atoms with Crippen molar-refractivity contribution in [2.45, 2.75) is 390 Å². The molecule has 11 aliphatic heterocycles. The highest BCUT2D eigenvalue weighted by molar-refractivity contribution is 6.03. The zero-order valence-electron chi connectivity index (χ0n) is 92.0. The summed E-state index contributed by atoms with van der Waals surface area (Å²) in [4.78, 5) is 87.1. The van der Waals surface area contributed by atoms with Crippen molar-refractivity contribution in [3.05, 3.63) is 215 Å². The molecule has 25 heteroatoms. The van der Waals surface area contributed by atoms with Gasteiger partial charge in [-0.1, -0.05) is 88.9 Å². The van der Waals surface area contributed by atoms with Crippen LogP contribution >= 0.6 is 0 Å². The zero-order chi connectivity index (χ0) is 103. The molecule has 0 radical (unpaired) electrons. The van der Waals surface area contributed by atoms with Crippen LogP contribution in [0.3, 0.4) is 0 Å². The summed E-state index contributed by atoms with van der Waals surface area (Å²) in [5.41, 5.74) is 24.1. The minimum atomic E-state index is -0.793. The van der Waals surface area contributed by atoms with Crippen molar-refractivity contribution in [3.63, 3.8) is 0 Å². The lowest BCUT2D eigenvalue weighted by Crippen LogP contribution is -2.54. The summed E-state index contributed by atoms with van der Waals surface area (Å²) < 4.78 is 32.2. The van der Waals surface area contributed by atoms with Crippen molar-refractivity contribution in [2.75, 3.05) is 117 Å². The normalized spacial score (nSPS) is 17.4. The predicted octanol–water partition coefficient (Wildman–Crippen LogP) is 25.3. The molecule has 5 amide bonds. The third-order valence-electron chi connectivity index (χ3n) is 30.7. The maximum Gasteiger partial charge on any atom is 0.270 e. The van der Waals surface area contributed by atoms with Crippen LogP contribution in [0.15, 0.2) is 104 Å². The number of likely N-dealkylation sites (tertiary alicyclic amines) is 3. The molecule has 0 atom stereocenters. The van der Waals surface area contributed by atoms with Crippen LogP contribution in [0.1, 0.15) is 358 Å². The van der Waals surface area contributed by atoms with Gasteiger partial charge in [0.1, 0.15) is 5.75 Å². The first-order valence-electron chi connectivity index (χ1n) is 52.8. The molecule has 25 nitrogen and oxygen atoms in total. The van der Waals surface area contributed by atoms with E-state index in [0.29, 0.717) is 82.8 Å². The molecule has 2 aromatic heterocycles. The number of benzene rings is 6. The maximum absolute atomic E-state index is 13.0. The number of ether oxygens (including phenoxy) is 5. The molecule has 830 valence electrons. The van der Waals surface area contributed by atoms with Gasteiger partial charge in [-0.3, -0.25) is 48.0 Å². The number of aromatic nitrogens is 4. The molecule has 149 heavy (non-hydrogen) atoms. The average molecular weight is 2060 g/mol. The molecule has 5 saturated heterocycles. The Balaban J connectivity index is 0.000000300. The van der Waals surface area contributed by atoms with Gasteiger partial charge in [-0.05, 0) is 379 Å². The van der Waals surface area contributed by atoms with Gasteiger partial charge < -0.3 is 62.9 Å². The van der Waals surface area contributed by atoms with E-state index in [1.165, 1.54) is 135 Å². The highest BCUT2D eigenvalue weighted by Crippen LogP contribution is 2.44. The van der Waals surface area contributed by atoms with Crippen molar-refractivity contribution >= 4 is 40.9 Å². The second-order valence-corrected chi connectivity index (χ2v) is 43.9. The molecular formula is C124H199N15O10. The van der Waals surface area contributed by atoms with Gasteiger partial charge in [0.05, 0.1) is 41.3 Å². The first-order chi connectivity index (χ1) is 67.2. The quantitative estimate of drug-likeness (QED) is 0.105. The van der Waals surface area contributed by atoms with E-state index in [0.717, 1.165) is 144 Å². The van der Waals surface area contributed by atoms with Gasteiger partial charge in [0, 0.05) is 200 Å². The van der Waals surface area contributed by atoms with Gasteiger partial charge in [-0.15, -0.1) is 0 Å². The maximum atomic E-state index is 13.0. The molecule has 0 spiro atoms. The summed E-state index contributed by atoms with van der Waals surface area (Å²) in [7, 11) is 0. The van der Waals surface area contributed by atoms with Crippen molar-refractivity contribution in [1.82, 2.24) is 68.6 Å². The largest absolute Gasteiger partial charge is 0.476 e. The number of piperazine rings is 2. The van der Waals surface area contributed by atoms with Crippen molar-refractivity contribution in [1.29, 1.82) is 0 Å². The SMILES string of the molecule is C.C.C.C.C.C.C.C=C1c2cc(C)c(C)cc2CN1C(C)C.Cc1cc2c(cc1C)C(=O)N(C(C)C)C2.Cc1cc2c(cc1C)C(=O)N(C(C)C)CC2.Cc1cc2c(cc1C)N(C(C)C)C(=O)C(C)(C)O2.Cc1ccc(C(=O)N2CCC(N3CCN(C(C)C)CC3)CC2)c2c1OCO2.Cc1ccc(C(=O)N2CCN(C(C)C)CC2)c2c1OCO2.Cc1cnn(C2CCN(C(C)C)CC2)c1.Cc1cnn(C2CCN(C(C)C)CC2)c1. The number of amides is 5. The number of carbonyl (C=O) groups is 5. The number of hydrogen-bond acceptors (Lipinski definition) is 18. The number of carbonyl (C=O) groups excluding carboxylic acids is 5. The van der Waals surface area contributed by atoms with E-state index in [2.05, 4.69) is 258 Å². The Morgan fingerprint density at radius 3 is 1.10 bits per heavy atom. The minimum Gasteiger partial charge on any atom is -0.476 e. The smallest absolute Gasteiger partial charge is 0.270 e. The van der Waals surface area contributed by atoms with Crippen molar-refractivity contribution in [3.8, 4) is 28.7 Å². The van der Waals surface area contributed by atoms with Gasteiger partial charge in [0.2, 0.25) is 13.6 Å². The number of aryl methyl sites for hydroxylation is 12. The lowest BCUT2D eigenvalue weighted by molar-refractivity contribution is -0.133. The van der Waals surface area contributed by atoms with E-state index in [1.54, 1.807) is 0 Å². The number of hydrogen-bond donors (Lipinski definition) is 0. The fraction of sp³-hybridized carbons (Fsp3) is 0.605. The Morgan fingerprint density at radius 1 is 0.356 bits per heavy atom. The highest BCUT2D eigenvalue weighted by Gasteiger charge is 2.43. The van der Waals surface area contributed by atoms with E-state index >= 15 is 0 Å². The van der Waals surface area contributed by atoms with Crippen LogP contribution in [-0.4, -0.2) is 270 Å². The molecular weight excluding hydrogens is 1860 g/mol. The van der Waals surface area contributed by atoms with Gasteiger partial charge in [0.25, 0.3) is 29.5 Å². The van der Waals surface area contributed by atoms with Crippen LogP contribution in [0, 0.1) is 83.1 Å². The molecule has 19 rings (SSSR count). The van der Waals surface area contributed by atoms with E-state index in [-0.39, 0.29) is 107 Å². The summed E-state index contributed by atoms with van der Waals surface area (Å²) in [5.74, 6) is 3.96. The summed E-state index contributed by atoms with van der Waals surface area (Å²) >= 11 is 0. The second-order valence-electron chi connectivity index (χ2n) is 43.9. The van der Waals surface area contributed by atoms with E-state index in [9.17, 15) is 24.0 Å². The molecule has 5 fully saturated rings. The number of rotatable bonds is 13. The van der Waals surface area contributed by atoms with E-state index < -0.39 is 5.60 Å². The van der Waals surface area contributed by atoms with Crippen molar-refractivity contribution < 1.29 is 47.7 Å². The molecule has 8 aromatic rings. The zero-order valence-corrected chi connectivity index (χ0v) is 92.0. The Hall–Kier alpha value is -10.6. The molecule has 13 heterocycles. The third-order valence-corrected chi connectivity index (χ3v) is 30.7. The fourth-order valence-electron chi connectivity index (χ4n) is 20.8. The summed E-state index contributed by atoms with van der Waals surface area (Å²) in [6.07, 6.45) is 16.3. The molecule has 0 N–H and O–H groups in total. The second kappa shape index (κ2) is 56.7. The summed E-state index contributed by atoms with van der Waals surface area (Å²) in [5, 5.41) is 8.81. The number of anilines is 1.